The molecule has 186 valence electrons. The fourth-order valence-electron chi connectivity index (χ4n) is 3.17. The maximum Gasteiger partial charge on any atom is 0.323 e. The number of rotatable bonds is 10. The van der Waals surface area contributed by atoms with Crippen molar-refractivity contribution in [3.8, 4) is 11.3 Å². The van der Waals surface area contributed by atoms with Crippen LogP contribution in [0, 0.1) is 0 Å². The van der Waals surface area contributed by atoms with Gasteiger partial charge in [0.15, 0.2) is 11.6 Å². The van der Waals surface area contributed by atoms with Crippen molar-refractivity contribution in [1.82, 2.24) is 15.3 Å². The molecule has 8 nitrogen and oxygen atoms in total. The SMILES string of the molecule is CC(C)(C)OC[C@H](NCc1cccc(-c2cnc(N)c(NCc3c(Cl)cccc3Cl)n2)c1)C(=O)O. The molecule has 0 saturated carbocycles. The van der Waals surface area contributed by atoms with Crippen LogP contribution in [0.5, 0.6) is 0 Å². The van der Waals surface area contributed by atoms with Crippen LogP contribution < -0.4 is 16.4 Å². The smallest absolute Gasteiger partial charge is 0.323 e. The van der Waals surface area contributed by atoms with E-state index >= 15 is 0 Å². The number of nitrogens with zero attached hydrogens (tertiary/aromatic N) is 2. The Labute approximate surface area is 214 Å². The van der Waals surface area contributed by atoms with E-state index in [-0.39, 0.29) is 12.4 Å². The second kappa shape index (κ2) is 11.7. The fraction of sp³-hybridized carbons (Fsp3) is 0.320. The van der Waals surface area contributed by atoms with Crippen molar-refractivity contribution in [3.63, 3.8) is 0 Å². The minimum Gasteiger partial charge on any atom is -0.480 e. The highest BCUT2D eigenvalue weighted by atomic mass is 35.5. The van der Waals surface area contributed by atoms with Crippen LogP contribution in [0.3, 0.4) is 0 Å². The Kier molecular flexibility index (Phi) is 8.91. The van der Waals surface area contributed by atoms with Crippen LogP contribution in [0.2, 0.25) is 10.0 Å². The van der Waals surface area contributed by atoms with E-state index in [2.05, 4.69) is 20.6 Å². The molecule has 1 aromatic heterocycles. The van der Waals surface area contributed by atoms with Gasteiger partial charge in [-0.1, -0.05) is 47.5 Å². The summed E-state index contributed by atoms with van der Waals surface area (Å²) in [5.41, 5.74) is 8.65. The average Bonchev–Trinajstić information content (AvgIpc) is 2.79. The number of hydrogen-bond acceptors (Lipinski definition) is 7. The van der Waals surface area contributed by atoms with Crippen molar-refractivity contribution < 1.29 is 14.6 Å². The van der Waals surface area contributed by atoms with E-state index in [1.807, 2.05) is 45.0 Å². The van der Waals surface area contributed by atoms with E-state index < -0.39 is 17.6 Å². The van der Waals surface area contributed by atoms with E-state index in [4.69, 9.17) is 33.7 Å². The minimum atomic E-state index is -0.968. The molecule has 10 heteroatoms. The van der Waals surface area contributed by atoms with Crippen molar-refractivity contribution in [3.05, 3.63) is 69.8 Å². The predicted molar refractivity (Wildman–Crippen MR) is 140 cm³/mol. The summed E-state index contributed by atoms with van der Waals surface area (Å²) in [7, 11) is 0. The first kappa shape index (κ1) is 26.7. The largest absolute Gasteiger partial charge is 0.480 e. The second-order valence-electron chi connectivity index (χ2n) is 8.94. The summed E-state index contributed by atoms with van der Waals surface area (Å²) >= 11 is 12.5. The van der Waals surface area contributed by atoms with Gasteiger partial charge in [0.25, 0.3) is 0 Å². The lowest BCUT2D eigenvalue weighted by Gasteiger charge is -2.23. The van der Waals surface area contributed by atoms with Crippen LogP contribution in [-0.2, 0) is 22.6 Å². The third kappa shape index (κ3) is 7.80. The molecule has 0 unspecified atom stereocenters. The summed E-state index contributed by atoms with van der Waals surface area (Å²) in [6, 6.07) is 12.1. The van der Waals surface area contributed by atoms with Crippen LogP contribution in [0.1, 0.15) is 31.9 Å². The maximum atomic E-state index is 11.6. The number of halogens is 2. The van der Waals surface area contributed by atoms with Crippen LogP contribution in [0.15, 0.2) is 48.7 Å². The lowest BCUT2D eigenvalue weighted by molar-refractivity contribution is -0.142. The Balaban J connectivity index is 1.72. The summed E-state index contributed by atoms with van der Waals surface area (Å²) in [6.07, 6.45) is 1.59. The Morgan fingerprint density at radius 1 is 1.14 bits per heavy atom. The van der Waals surface area contributed by atoms with Crippen molar-refractivity contribution in [2.24, 2.45) is 0 Å². The van der Waals surface area contributed by atoms with Crippen LogP contribution in [0.25, 0.3) is 11.3 Å². The molecule has 35 heavy (non-hydrogen) atoms. The topological polar surface area (TPSA) is 122 Å². The maximum absolute atomic E-state index is 11.6. The zero-order chi connectivity index (χ0) is 25.6. The van der Waals surface area contributed by atoms with Gasteiger partial charge in [-0.25, -0.2) is 9.97 Å². The van der Waals surface area contributed by atoms with Crippen LogP contribution in [-0.4, -0.2) is 39.3 Å². The molecule has 0 bridgehead atoms. The molecule has 1 atom stereocenters. The normalized spacial score (nSPS) is 12.4. The molecule has 1 heterocycles. The van der Waals surface area contributed by atoms with E-state index in [1.54, 1.807) is 24.4 Å². The molecule has 0 aliphatic carbocycles. The third-order valence-electron chi connectivity index (χ3n) is 5.05. The first-order valence-electron chi connectivity index (χ1n) is 11.0. The monoisotopic (exact) mass is 517 g/mol. The van der Waals surface area contributed by atoms with E-state index in [1.165, 1.54) is 0 Å². The van der Waals surface area contributed by atoms with Crippen LogP contribution in [0.4, 0.5) is 11.6 Å². The number of nitrogens with two attached hydrogens (primary N) is 1. The van der Waals surface area contributed by atoms with Gasteiger partial charge in [0.05, 0.1) is 24.1 Å². The lowest BCUT2D eigenvalue weighted by Crippen LogP contribution is -2.42. The van der Waals surface area contributed by atoms with Gasteiger partial charge in [-0.05, 0) is 44.5 Å². The molecule has 0 aliphatic rings. The quantitative estimate of drug-likeness (QED) is 0.296. The zero-order valence-electron chi connectivity index (χ0n) is 19.8. The molecular weight excluding hydrogens is 489 g/mol. The van der Waals surface area contributed by atoms with E-state index in [0.29, 0.717) is 34.6 Å². The van der Waals surface area contributed by atoms with Crippen molar-refractivity contribution >= 4 is 40.8 Å². The number of anilines is 2. The van der Waals surface area contributed by atoms with Gasteiger partial charge in [0.1, 0.15) is 6.04 Å². The second-order valence-corrected chi connectivity index (χ2v) is 9.75. The lowest BCUT2D eigenvalue weighted by atomic mass is 10.1. The van der Waals surface area contributed by atoms with Crippen molar-refractivity contribution in [1.29, 1.82) is 0 Å². The first-order valence-corrected chi connectivity index (χ1v) is 11.8. The molecular formula is C25H29Cl2N5O3. The Bertz CT molecular complexity index is 1160. The summed E-state index contributed by atoms with van der Waals surface area (Å²) < 4.78 is 5.63. The predicted octanol–water partition coefficient (Wildman–Crippen LogP) is 5.00. The average molecular weight is 518 g/mol. The van der Waals surface area contributed by atoms with Crippen molar-refractivity contribution in [2.45, 2.75) is 45.5 Å². The first-order chi connectivity index (χ1) is 16.5. The van der Waals surface area contributed by atoms with Gasteiger partial charge in [-0.15, -0.1) is 0 Å². The summed E-state index contributed by atoms with van der Waals surface area (Å²) in [5, 5.41) is 16.8. The van der Waals surface area contributed by atoms with E-state index in [0.717, 1.165) is 16.7 Å². The van der Waals surface area contributed by atoms with Gasteiger partial charge in [0, 0.05) is 34.3 Å². The molecule has 0 amide bonds. The highest BCUT2D eigenvalue weighted by Gasteiger charge is 2.21. The number of nitrogens with one attached hydrogen (secondary N) is 2. The van der Waals surface area contributed by atoms with Gasteiger partial charge in [-0.2, -0.15) is 0 Å². The molecule has 0 aliphatic heterocycles. The number of ether oxygens (including phenoxy) is 1. The summed E-state index contributed by atoms with van der Waals surface area (Å²) in [4.78, 5) is 20.5. The van der Waals surface area contributed by atoms with Crippen molar-refractivity contribution in [2.75, 3.05) is 17.7 Å². The zero-order valence-corrected chi connectivity index (χ0v) is 21.3. The highest BCUT2D eigenvalue weighted by Crippen LogP contribution is 2.27. The molecule has 0 fully saturated rings. The Hall–Kier alpha value is -2.91. The molecule has 0 spiro atoms. The molecule has 3 rings (SSSR count). The van der Waals surface area contributed by atoms with Gasteiger partial charge in [0.2, 0.25) is 0 Å². The highest BCUT2D eigenvalue weighted by molar-refractivity contribution is 6.36. The third-order valence-corrected chi connectivity index (χ3v) is 5.76. The standard InChI is InChI=1S/C25H29Cl2N5O3/c1-25(2,3)35-14-21(24(33)34)29-11-15-6-4-7-16(10-15)20-13-30-22(28)23(32-20)31-12-17-18(26)8-5-9-19(17)27/h4-10,13,21,29H,11-12,14H2,1-3H3,(H2,28,30)(H,31,32)(H,33,34)/t21-/m0/s1. The van der Waals surface area contributed by atoms with Gasteiger partial charge in [-0.3, -0.25) is 10.1 Å². The number of hydrogen-bond donors (Lipinski definition) is 4. The van der Waals surface area contributed by atoms with Gasteiger partial charge >= 0.3 is 5.97 Å². The number of carboxylic acid groups (broad SMARTS) is 1. The number of aliphatic carboxylic acids is 1. The van der Waals surface area contributed by atoms with Gasteiger partial charge < -0.3 is 20.9 Å². The number of benzene rings is 2. The molecule has 0 saturated heterocycles. The minimum absolute atomic E-state index is 0.0619. The number of aromatic nitrogens is 2. The Morgan fingerprint density at radius 3 is 2.49 bits per heavy atom. The molecule has 3 aromatic rings. The molecule has 0 radical (unpaired) electrons. The van der Waals surface area contributed by atoms with E-state index in [9.17, 15) is 9.90 Å². The number of nitrogen functional groups attached to an aromatic ring is 1. The number of carbonyl (C=O) groups is 1. The number of carboxylic acids is 1. The molecule has 5 N–H and O–H groups in total. The fourth-order valence-corrected chi connectivity index (χ4v) is 3.70. The van der Waals surface area contributed by atoms with Crippen LogP contribution >= 0.6 is 23.2 Å². The molecule has 2 aromatic carbocycles. The summed E-state index contributed by atoms with van der Waals surface area (Å²) in [5.74, 6) is -0.311. The Morgan fingerprint density at radius 2 is 1.83 bits per heavy atom. The summed E-state index contributed by atoms with van der Waals surface area (Å²) in [6.45, 7) is 6.39.